The van der Waals surface area contributed by atoms with Crippen LogP contribution in [0.15, 0.2) is 48.7 Å². The molecule has 3 aromatic rings. The molecule has 0 unspecified atom stereocenters. The molecule has 0 saturated carbocycles. The van der Waals surface area contributed by atoms with Gasteiger partial charge in [0.15, 0.2) is 0 Å². The van der Waals surface area contributed by atoms with Gasteiger partial charge in [-0.3, -0.25) is 14.9 Å². The summed E-state index contributed by atoms with van der Waals surface area (Å²) < 4.78 is 43.7. The third-order valence-corrected chi connectivity index (χ3v) is 4.05. The molecular weight excluding hydrogens is 429 g/mol. The monoisotopic (exact) mass is 440 g/mol. The summed E-state index contributed by atoms with van der Waals surface area (Å²) in [6.45, 7) is 1.13. The molecule has 1 N–H and O–H groups in total. The van der Waals surface area contributed by atoms with Gasteiger partial charge in [0, 0.05) is 13.0 Å². The highest BCUT2D eigenvalue weighted by Gasteiger charge is 2.31. The number of alkyl halides is 3. The number of hydrogen-bond acceptors (Lipinski definition) is 5. The van der Waals surface area contributed by atoms with Gasteiger partial charge in [-0.25, -0.2) is 4.68 Å². The van der Waals surface area contributed by atoms with E-state index in [1.807, 2.05) is 24.3 Å². The van der Waals surface area contributed by atoms with E-state index < -0.39 is 28.3 Å². The number of nitrogens with one attached hydrogen (secondary N) is 1. The van der Waals surface area contributed by atoms with Crippen LogP contribution in [0.25, 0.3) is 5.69 Å². The van der Waals surface area contributed by atoms with E-state index >= 15 is 0 Å². The molecule has 3 heterocycles. The molecular formula is C18H12ClF3N4O4. The maximum atomic E-state index is 12.6. The Morgan fingerprint density at radius 2 is 1.87 bits per heavy atom. The lowest BCUT2D eigenvalue weighted by molar-refractivity contribution is -0.384. The molecule has 2 aliphatic rings. The Kier molecular flexibility index (Phi) is 5.65. The average molecular weight is 441 g/mol. The van der Waals surface area contributed by atoms with Crippen LogP contribution in [0.4, 0.5) is 24.7 Å². The lowest BCUT2D eigenvalue weighted by Crippen LogP contribution is -2.08. The fourth-order valence-electron chi connectivity index (χ4n) is 2.43. The molecule has 156 valence electrons. The second kappa shape index (κ2) is 8.03. The average Bonchev–Trinajstić information content (AvgIpc) is 3.04. The number of ether oxygens (including phenoxy) is 1. The van der Waals surface area contributed by atoms with Crippen molar-refractivity contribution in [1.29, 1.82) is 0 Å². The Hall–Kier alpha value is -3.60. The van der Waals surface area contributed by atoms with Crippen molar-refractivity contribution in [2.75, 3.05) is 5.32 Å². The molecule has 0 radical (unpaired) electrons. The van der Waals surface area contributed by atoms with Gasteiger partial charge in [-0.15, -0.1) is 5.10 Å². The van der Waals surface area contributed by atoms with Crippen LogP contribution in [0.1, 0.15) is 12.5 Å². The maximum Gasteiger partial charge on any atom is 0.416 e. The lowest BCUT2D eigenvalue weighted by Gasteiger charge is -2.13. The Bertz CT molecular complexity index is 1110. The SMILES string of the molecule is CC(=O)Nc1nn(-c2ccc(C(F)(F)F)cc2Cl)cc1[N+](=O)[O-].c1cc2cc(c1)O2. The number of nitro groups is 1. The van der Waals surface area contributed by atoms with Crippen LogP contribution < -0.4 is 10.1 Å². The molecule has 0 fully saturated rings. The predicted molar refractivity (Wildman–Crippen MR) is 101 cm³/mol. The Labute approximate surface area is 172 Å². The van der Waals surface area contributed by atoms with Gasteiger partial charge >= 0.3 is 11.9 Å². The lowest BCUT2D eigenvalue weighted by atomic mass is 10.2. The summed E-state index contributed by atoms with van der Waals surface area (Å²) in [7, 11) is 0. The highest BCUT2D eigenvalue weighted by atomic mass is 35.5. The summed E-state index contributed by atoms with van der Waals surface area (Å²) >= 11 is 5.80. The van der Waals surface area contributed by atoms with Crippen LogP contribution in [-0.4, -0.2) is 20.6 Å². The summed E-state index contributed by atoms with van der Waals surface area (Å²) in [6, 6.07) is 10.3. The van der Waals surface area contributed by atoms with Crippen LogP contribution in [-0.2, 0) is 11.0 Å². The van der Waals surface area contributed by atoms with Crippen molar-refractivity contribution < 1.29 is 27.6 Å². The van der Waals surface area contributed by atoms with Gasteiger partial charge < -0.3 is 10.1 Å². The first-order chi connectivity index (χ1) is 14.0. The van der Waals surface area contributed by atoms with Crippen molar-refractivity contribution in [3.8, 4) is 17.2 Å². The zero-order valence-corrected chi connectivity index (χ0v) is 15.9. The maximum absolute atomic E-state index is 12.6. The van der Waals surface area contributed by atoms with E-state index in [9.17, 15) is 28.1 Å². The number of rotatable bonds is 3. The summed E-state index contributed by atoms with van der Waals surface area (Å²) in [5, 5.41) is 16.6. The predicted octanol–water partition coefficient (Wildman–Crippen LogP) is 5.20. The largest absolute Gasteiger partial charge is 0.457 e. The van der Waals surface area contributed by atoms with E-state index in [-0.39, 0.29) is 16.5 Å². The Balaban J connectivity index is 0.000000302. The van der Waals surface area contributed by atoms with E-state index in [1.165, 1.54) is 0 Å². The molecule has 2 bridgehead atoms. The Morgan fingerprint density at radius 1 is 1.23 bits per heavy atom. The zero-order valence-electron chi connectivity index (χ0n) is 15.1. The van der Waals surface area contributed by atoms with E-state index in [4.69, 9.17) is 16.3 Å². The minimum atomic E-state index is -4.57. The second-order valence-corrected chi connectivity index (χ2v) is 6.39. The molecule has 0 saturated heterocycles. The number of hydrogen-bond donors (Lipinski definition) is 1. The van der Waals surface area contributed by atoms with E-state index in [0.29, 0.717) is 6.07 Å². The molecule has 0 atom stereocenters. The van der Waals surface area contributed by atoms with Crippen molar-refractivity contribution in [3.63, 3.8) is 0 Å². The summed E-state index contributed by atoms with van der Waals surface area (Å²) in [5.74, 6) is 1.05. The van der Waals surface area contributed by atoms with Gasteiger partial charge in [-0.2, -0.15) is 13.2 Å². The molecule has 0 spiro atoms. The molecule has 1 aromatic heterocycles. The summed E-state index contributed by atoms with van der Waals surface area (Å²) in [6.07, 6.45) is -3.63. The third kappa shape index (κ3) is 4.69. The number of fused-ring (bicyclic) bond motifs is 2. The fourth-order valence-corrected chi connectivity index (χ4v) is 2.69. The number of benzene rings is 2. The minimum Gasteiger partial charge on any atom is -0.457 e. The molecule has 5 rings (SSSR count). The first-order valence-corrected chi connectivity index (χ1v) is 8.59. The second-order valence-electron chi connectivity index (χ2n) is 5.99. The zero-order chi connectivity index (χ0) is 22.1. The van der Waals surface area contributed by atoms with Crippen molar-refractivity contribution in [1.82, 2.24) is 9.78 Å². The smallest absolute Gasteiger partial charge is 0.416 e. The number of carbonyl (C=O) groups is 1. The van der Waals surface area contributed by atoms with Crippen molar-refractivity contribution in [3.05, 3.63) is 69.4 Å². The van der Waals surface area contributed by atoms with Crippen LogP contribution in [0, 0.1) is 10.1 Å². The van der Waals surface area contributed by atoms with Gasteiger partial charge in [-0.1, -0.05) is 17.7 Å². The summed E-state index contributed by atoms with van der Waals surface area (Å²) in [4.78, 5) is 21.2. The number of carbonyl (C=O) groups excluding carboxylic acids is 1. The number of anilines is 1. The van der Waals surface area contributed by atoms with Gasteiger partial charge in [0.2, 0.25) is 11.7 Å². The molecule has 30 heavy (non-hydrogen) atoms. The third-order valence-electron chi connectivity index (χ3n) is 3.75. The van der Waals surface area contributed by atoms with E-state index in [0.717, 1.165) is 41.4 Å². The summed E-state index contributed by atoms with van der Waals surface area (Å²) in [5.41, 5.74) is -1.48. The number of nitrogens with zero attached hydrogens (tertiary/aromatic N) is 3. The van der Waals surface area contributed by atoms with Crippen molar-refractivity contribution in [2.24, 2.45) is 0 Å². The normalized spacial score (nSPS) is 11.5. The molecule has 2 aliphatic heterocycles. The quantitative estimate of drug-likeness (QED) is 0.348. The van der Waals surface area contributed by atoms with E-state index in [1.54, 1.807) is 0 Å². The number of amides is 1. The van der Waals surface area contributed by atoms with Crippen LogP contribution >= 0.6 is 11.6 Å². The molecule has 8 nitrogen and oxygen atoms in total. The Morgan fingerprint density at radius 3 is 2.27 bits per heavy atom. The van der Waals surface area contributed by atoms with Crippen molar-refractivity contribution in [2.45, 2.75) is 13.1 Å². The molecule has 12 heteroatoms. The molecule has 2 aromatic carbocycles. The van der Waals surface area contributed by atoms with Crippen LogP contribution in [0.2, 0.25) is 5.02 Å². The van der Waals surface area contributed by atoms with Gasteiger partial charge in [0.25, 0.3) is 0 Å². The highest BCUT2D eigenvalue weighted by molar-refractivity contribution is 6.32. The highest BCUT2D eigenvalue weighted by Crippen LogP contribution is 2.34. The van der Waals surface area contributed by atoms with Crippen molar-refractivity contribution >= 4 is 29.0 Å². The van der Waals surface area contributed by atoms with Crippen LogP contribution in [0.5, 0.6) is 11.5 Å². The standard InChI is InChI=1S/C12H8ClF3N4O3.C6H4O/c1-6(21)17-11-10(20(22)23)5-19(18-11)9-3-2-7(4-8(9)13)12(14,15)16;1-2-5-4-6(3-1)7-5/h2-5H,1H3,(H,17,18,21);1-4H. The van der Waals surface area contributed by atoms with Gasteiger partial charge in [-0.05, 0) is 30.3 Å². The first kappa shape index (κ1) is 21.1. The van der Waals surface area contributed by atoms with Gasteiger partial charge in [0.05, 0.1) is 21.2 Å². The number of aromatic nitrogens is 2. The van der Waals surface area contributed by atoms with E-state index in [2.05, 4.69) is 10.4 Å². The topological polar surface area (TPSA) is 99.3 Å². The van der Waals surface area contributed by atoms with Crippen LogP contribution in [0.3, 0.4) is 0 Å². The number of halogens is 4. The molecule has 1 amide bonds. The fraction of sp³-hybridized carbons (Fsp3) is 0.111. The van der Waals surface area contributed by atoms with Gasteiger partial charge in [0.1, 0.15) is 17.7 Å². The molecule has 0 aliphatic carbocycles. The minimum absolute atomic E-state index is 0.000585. The first-order valence-electron chi connectivity index (χ1n) is 8.21.